The van der Waals surface area contributed by atoms with E-state index in [-0.39, 0.29) is 35.8 Å². The molecule has 2 fully saturated rings. The highest BCUT2D eigenvalue weighted by molar-refractivity contribution is 5.98. The Labute approximate surface area is 112 Å². The molecule has 1 heterocycles. The first-order valence-electron chi connectivity index (χ1n) is 6.72. The van der Waals surface area contributed by atoms with Crippen LogP contribution in [-0.4, -0.2) is 29.6 Å². The molecule has 4 heteroatoms. The van der Waals surface area contributed by atoms with Gasteiger partial charge in [0.1, 0.15) is 6.10 Å². The van der Waals surface area contributed by atoms with Gasteiger partial charge in [-0.25, -0.2) is 4.79 Å². The van der Waals surface area contributed by atoms with Crippen LogP contribution in [0.15, 0.2) is 23.3 Å². The minimum Gasteiger partial charge on any atom is -0.458 e. The number of hydrogen-bond acceptors (Lipinski definition) is 4. The van der Waals surface area contributed by atoms with Crippen LogP contribution in [0, 0.1) is 11.3 Å². The van der Waals surface area contributed by atoms with Crippen LogP contribution in [0.5, 0.6) is 0 Å². The summed E-state index contributed by atoms with van der Waals surface area (Å²) in [5.41, 5.74) is 1.96. The first-order valence-corrected chi connectivity index (χ1v) is 6.72. The summed E-state index contributed by atoms with van der Waals surface area (Å²) in [7, 11) is 0. The fourth-order valence-corrected chi connectivity index (χ4v) is 3.78. The van der Waals surface area contributed by atoms with Crippen molar-refractivity contribution >= 4 is 11.8 Å². The predicted octanol–water partition coefficient (Wildman–Crippen LogP) is 1.54. The highest BCUT2D eigenvalue weighted by Crippen LogP contribution is 2.54. The summed E-state index contributed by atoms with van der Waals surface area (Å²) in [6, 6.07) is 0. The summed E-state index contributed by atoms with van der Waals surface area (Å²) >= 11 is 0. The molecule has 0 aromatic heterocycles. The van der Waals surface area contributed by atoms with Crippen molar-refractivity contribution in [3.8, 4) is 0 Å². The molecule has 1 saturated heterocycles. The van der Waals surface area contributed by atoms with E-state index in [2.05, 4.69) is 13.5 Å². The molecule has 0 aromatic carbocycles. The molecule has 0 aromatic rings. The zero-order chi connectivity index (χ0) is 13.8. The van der Waals surface area contributed by atoms with Crippen LogP contribution in [0.1, 0.15) is 32.6 Å². The molecular weight excluding hydrogens is 244 g/mol. The predicted molar refractivity (Wildman–Crippen MR) is 68.2 cm³/mol. The fraction of sp³-hybridized carbons (Fsp3) is 0.600. The number of Topliss-reactive ketones (excluding diaryl/α,β-unsaturated/α-hetero) is 1. The Hall–Kier alpha value is -1.42. The largest absolute Gasteiger partial charge is 0.458 e. The van der Waals surface area contributed by atoms with E-state index < -0.39 is 0 Å². The standard InChI is InChI=1S/C15H18O4/c1-8-9-5-11-10(7-16)12(17)3-4-15(11,2)6-13(9)19-14(8)18/h9,13,16H,1,3-7H2,2H3/t9-,13-,15-/m1/s1. The number of rotatable bonds is 1. The summed E-state index contributed by atoms with van der Waals surface area (Å²) in [5.74, 6) is -0.290. The number of ether oxygens (including phenoxy) is 1. The molecule has 0 bridgehead atoms. The van der Waals surface area contributed by atoms with E-state index in [1.54, 1.807) is 0 Å². The lowest BCUT2D eigenvalue weighted by molar-refractivity contribution is -0.141. The normalized spacial score (nSPS) is 38.1. The molecule has 0 unspecified atom stereocenters. The first kappa shape index (κ1) is 12.6. The van der Waals surface area contributed by atoms with E-state index in [0.29, 0.717) is 24.0 Å². The molecule has 3 rings (SSSR count). The number of esters is 1. The second-order valence-corrected chi connectivity index (χ2v) is 6.08. The van der Waals surface area contributed by atoms with Crippen molar-refractivity contribution in [2.45, 2.75) is 38.7 Å². The molecular formula is C15H18O4. The van der Waals surface area contributed by atoms with E-state index in [9.17, 15) is 14.7 Å². The van der Waals surface area contributed by atoms with Gasteiger partial charge in [0.05, 0.1) is 6.61 Å². The zero-order valence-electron chi connectivity index (χ0n) is 11.1. The highest BCUT2D eigenvalue weighted by atomic mass is 16.6. The summed E-state index contributed by atoms with van der Waals surface area (Å²) < 4.78 is 5.38. The van der Waals surface area contributed by atoms with Crippen LogP contribution in [0.2, 0.25) is 0 Å². The van der Waals surface area contributed by atoms with Crippen LogP contribution < -0.4 is 0 Å². The number of fused-ring (bicyclic) bond motifs is 2. The molecule has 3 atom stereocenters. The van der Waals surface area contributed by atoms with Gasteiger partial charge < -0.3 is 9.84 Å². The van der Waals surface area contributed by atoms with Crippen molar-refractivity contribution in [1.82, 2.24) is 0 Å². The summed E-state index contributed by atoms with van der Waals surface area (Å²) in [6.45, 7) is 5.71. The number of allylic oxidation sites excluding steroid dienone is 1. The van der Waals surface area contributed by atoms with Crippen molar-refractivity contribution in [2.24, 2.45) is 11.3 Å². The number of aliphatic hydroxyl groups excluding tert-OH is 1. The van der Waals surface area contributed by atoms with Gasteiger partial charge in [-0.2, -0.15) is 0 Å². The van der Waals surface area contributed by atoms with Gasteiger partial charge in [-0.3, -0.25) is 4.79 Å². The number of carbonyl (C=O) groups is 2. The molecule has 4 nitrogen and oxygen atoms in total. The summed E-state index contributed by atoms with van der Waals surface area (Å²) in [5, 5.41) is 9.47. The summed E-state index contributed by atoms with van der Waals surface area (Å²) in [6.07, 6.45) is 2.49. The average Bonchev–Trinajstić information content (AvgIpc) is 2.63. The maximum absolute atomic E-state index is 11.9. The lowest BCUT2D eigenvalue weighted by atomic mass is 9.60. The lowest BCUT2D eigenvalue weighted by Gasteiger charge is -2.44. The van der Waals surface area contributed by atoms with Crippen molar-refractivity contribution in [3.63, 3.8) is 0 Å². The third kappa shape index (κ3) is 1.70. The SMILES string of the molecule is C=C1C(=O)O[C@@H]2C[C@@]3(C)CCC(=O)C(CO)=C3C[C@H]12. The minimum atomic E-state index is -0.310. The third-order valence-electron chi connectivity index (χ3n) is 4.98. The summed E-state index contributed by atoms with van der Waals surface area (Å²) in [4.78, 5) is 23.5. The molecule has 1 saturated carbocycles. The van der Waals surface area contributed by atoms with Crippen molar-refractivity contribution in [2.75, 3.05) is 6.61 Å². The molecule has 1 N–H and O–H groups in total. The van der Waals surface area contributed by atoms with Crippen molar-refractivity contribution in [3.05, 3.63) is 23.3 Å². The van der Waals surface area contributed by atoms with E-state index in [0.717, 1.165) is 18.4 Å². The Bertz CT molecular complexity index is 516. The maximum Gasteiger partial charge on any atom is 0.334 e. The number of carbonyl (C=O) groups excluding carboxylic acids is 2. The maximum atomic E-state index is 11.9. The molecule has 102 valence electrons. The molecule has 0 spiro atoms. The third-order valence-corrected chi connectivity index (χ3v) is 4.98. The zero-order valence-corrected chi connectivity index (χ0v) is 11.1. The topological polar surface area (TPSA) is 63.6 Å². The second kappa shape index (κ2) is 4.04. The Balaban J connectivity index is 2.04. The molecule has 1 aliphatic heterocycles. The Morgan fingerprint density at radius 3 is 2.89 bits per heavy atom. The molecule has 0 amide bonds. The number of ketones is 1. The van der Waals surface area contributed by atoms with Crippen molar-refractivity contribution in [1.29, 1.82) is 0 Å². The first-order chi connectivity index (χ1) is 8.96. The number of aliphatic hydroxyl groups is 1. The van der Waals surface area contributed by atoms with Crippen LogP contribution in [0.3, 0.4) is 0 Å². The van der Waals surface area contributed by atoms with E-state index in [4.69, 9.17) is 4.74 Å². The fourth-order valence-electron chi connectivity index (χ4n) is 3.78. The Morgan fingerprint density at radius 2 is 2.21 bits per heavy atom. The number of hydrogen-bond donors (Lipinski definition) is 1. The smallest absolute Gasteiger partial charge is 0.334 e. The molecule has 2 aliphatic carbocycles. The second-order valence-electron chi connectivity index (χ2n) is 6.08. The van der Waals surface area contributed by atoms with Gasteiger partial charge >= 0.3 is 5.97 Å². The van der Waals surface area contributed by atoms with Gasteiger partial charge in [-0.05, 0) is 24.7 Å². The van der Waals surface area contributed by atoms with Crippen molar-refractivity contribution < 1.29 is 19.4 Å². The van der Waals surface area contributed by atoms with Gasteiger partial charge in [0.15, 0.2) is 5.78 Å². The average molecular weight is 262 g/mol. The molecule has 19 heavy (non-hydrogen) atoms. The Morgan fingerprint density at radius 1 is 1.47 bits per heavy atom. The molecule has 0 radical (unpaired) electrons. The Kier molecular flexibility index (Phi) is 2.68. The highest BCUT2D eigenvalue weighted by Gasteiger charge is 2.51. The van der Waals surface area contributed by atoms with E-state index in [1.807, 2.05) is 0 Å². The van der Waals surface area contributed by atoms with E-state index in [1.165, 1.54) is 0 Å². The van der Waals surface area contributed by atoms with Crippen LogP contribution in [-0.2, 0) is 14.3 Å². The monoisotopic (exact) mass is 262 g/mol. The lowest BCUT2D eigenvalue weighted by Crippen LogP contribution is -2.40. The minimum absolute atomic E-state index is 0.0250. The quantitative estimate of drug-likeness (QED) is 0.575. The van der Waals surface area contributed by atoms with Gasteiger partial charge in [0.2, 0.25) is 0 Å². The van der Waals surface area contributed by atoms with Gasteiger partial charge in [0.25, 0.3) is 0 Å². The van der Waals surface area contributed by atoms with Crippen LogP contribution in [0.25, 0.3) is 0 Å². The van der Waals surface area contributed by atoms with Crippen LogP contribution >= 0.6 is 0 Å². The van der Waals surface area contributed by atoms with E-state index >= 15 is 0 Å². The van der Waals surface area contributed by atoms with Crippen LogP contribution in [0.4, 0.5) is 0 Å². The van der Waals surface area contributed by atoms with Gasteiger partial charge in [-0.15, -0.1) is 0 Å². The molecule has 3 aliphatic rings. The van der Waals surface area contributed by atoms with Gasteiger partial charge in [0, 0.05) is 23.5 Å². The van der Waals surface area contributed by atoms with Gasteiger partial charge in [-0.1, -0.05) is 19.1 Å².